The Morgan fingerprint density at radius 2 is 1.34 bits per heavy atom. The van der Waals surface area contributed by atoms with Crippen LogP contribution in [0.15, 0.2) is 60.7 Å². The maximum Gasteiger partial charge on any atom is 0.0880 e. The van der Waals surface area contributed by atoms with Gasteiger partial charge in [0.15, 0.2) is 0 Å². The van der Waals surface area contributed by atoms with E-state index in [1.54, 1.807) is 0 Å². The average Bonchev–Trinajstić information content (AvgIpc) is 3.60. The van der Waals surface area contributed by atoms with Crippen LogP contribution < -0.4 is 0 Å². The number of nitrogens with zero attached hydrogens (tertiary/aromatic N) is 1. The van der Waals surface area contributed by atoms with E-state index in [9.17, 15) is 5.11 Å². The minimum atomic E-state index is -0.635. The van der Waals surface area contributed by atoms with E-state index < -0.39 is 5.60 Å². The van der Waals surface area contributed by atoms with Crippen molar-refractivity contribution in [1.82, 2.24) is 4.90 Å². The Kier molecular flexibility index (Phi) is 6.69. The molecule has 29 heavy (non-hydrogen) atoms. The van der Waals surface area contributed by atoms with E-state index in [-0.39, 0.29) is 0 Å². The molecule has 0 saturated heterocycles. The second-order valence-corrected chi connectivity index (χ2v) is 9.25. The zero-order chi connectivity index (χ0) is 20.1. The normalized spacial score (nSPS) is 24.4. The Balaban J connectivity index is 1.34. The first-order valence-electron chi connectivity index (χ1n) is 11.3. The molecule has 3 nitrogen and oxygen atoms in total. The molecule has 2 aliphatic carbocycles. The van der Waals surface area contributed by atoms with Crippen molar-refractivity contribution in [3.05, 3.63) is 71.8 Å². The first-order chi connectivity index (χ1) is 14.1. The summed E-state index contributed by atoms with van der Waals surface area (Å²) in [5.41, 5.74) is 2.12. The van der Waals surface area contributed by atoms with E-state index >= 15 is 0 Å². The molecule has 0 amide bonds. The summed E-state index contributed by atoms with van der Waals surface area (Å²) in [4.78, 5) is 2.64. The highest BCUT2D eigenvalue weighted by atomic mass is 16.5. The van der Waals surface area contributed by atoms with Crippen LogP contribution in [0.1, 0.15) is 56.6 Å². The van der Waals surface area contributed by atoms with Crippen LogP contribution >= 0.6 is 0 Å². The topological polar surface area (TPSA) is 32.7 Å². The minimum Gasteiger partial charge on any atom is -0.387 e. The molecule has 1 atom stereocenters. The smallest absolute Gasteiger partial charge is 0.0880 e. The summed E-state index contributed by atoms with van der Waals surface area (Å²) in [5, 5.41) is 10.5. The van der Waals surface area contributed by atoms with Crippen LogP contribution in [0.5, 0.6) is 0 Å². The van der Waals surface area contributed by atoms with Gasteiger partial charge in [0.25, 0.3) is 0 Å². The van der Waals surface area contributed by atoms with Crippen molar-refractivity contribution in [3.63, 3.8) is 0 Å². The van der Waals surface area contributed by atoms with Crippen molar-refractivity contribution >= 4 is 0 Å². The van der Waals surface area contributed by atoms with Crippen molar-refractivity contribution in [2.45, 2.75) is 76.3 Å². The van der Waals surface area contributed by atoms with Gasteiger partial charge in [0.05, 0.1) is 18.3 Å². The van der Waals surface area contributed by atoms with Gasteiger partial charge in [-0.15, -0.1) is 0 Å². The maximum atomic E-state index is 10.5. The minimum absolute atomic E-state index is 0.298. The molecular weight excluding hydrogens is 358 g/mol. The van der Waals surface area contributed by atoms with Crippen molar-refractivity contribution in [2.75, 3.05) is 6.61 Å². The SMILES string of the molecule is CC(O)(CO[C@H]1CC[C@H](N(Cc2ccccc2)Cc2ccccc2)CC1)C1CC1. The van der Waals surface area contributed by atoms with Crippen molar-refractivity contribution in [2.24, 2.45) is 5.92 Å². The van der Waals surface area contributed by atoms with Gasteiger partial charge in [-0.05, 0) is 62.5 Å². The highest BCUT2D eigenvalue weighted by molar-refractivity contribution is 5.17. The number of rotatable bonds is 9. The van der Waals surface area contributed by atoms with Crippen LogP contribution in [0, 0.1) is 5.92 Å². The van der Waals surface area contributed by atoms with Crippen LogP contribution in [-0.2, 0) is 17.8 Å². The highest BCUT2D eigenvalue weighted by Gasteiger charge is 2.40. The number of benzene rings is 2. The molecule has 2 aromatic carbocycles. The van der Waals surface area contributed by atoms with Crippen molar-refractivity contribution in [3.8, 4) is 0 Å². The molecule has 156 valence electrons. The van der Waals surface area contributed by atoms with Gasteiger partial charge in [-0.2, -0.15) is 0 Å². The lowest BCUT2D eigenvalue weighted by molar-refractivity contribution is -0.0872. The molecule has 0 bridgehead atoms. The molecule has 0 radical (unpaired) electrons. The molecular formula is C26H35NO2. The van der Waals surface area contributed by atoms with E-state index in [0.717, 1.165) is 51.6 Å². The molecule has 4 rings (SSSR count). The molecule has 0 aliphatic heterocycles. The van der Waals surface area contributed by atoms with Crippen molar-refractivity contribution in [1.29, 1.82) is 0 Å². The molecule has 2 aliphatic rings. The molecule has 0 aromatic heterocycles. The maximum absolute atomic E-state index is 10.5. The summed E-state index contributed by atoms with van der Waals surface area (Å²) in [5.74, 6) is 0.450. The molecule has 0 spiro atoms. The Hall–Kier alpha value is -1.68. The summed E-state index contributed by atoms with van der Waals surface area (Å²) in [7, 11) is 0. The van der Waals surface area contributed by atoms with E-state index in [1.165, 1.54) is 11.1 Å². The summed E-state index contributed by atoms with van der Waals surface area (Å²) < 4.78 is 6.15. The fraction of sp³-hybridized carbons (Fsp3) is 0.538. The third kappa shape index (κ3) is 5.91. The zero-order valence-corrected chi connectivity index (χ0v) is 17.7. The van der Waals surface area contributed by atoms with Crippen LogP contribution in [0.2, 0.25) is 0 Å². The Labute approximate surface area is 175 Å². The van der Waals surface area contributed by atoms with Gasteiger partial charge in [-0.25, -0.2) is 0 Å². The van der Waals surface area contributed by atoms with Crippen LogP contribution in [0.3, 0.4) is 0 Å². The first-order valence-corrected chi connectivity index (χ1v) is 11.3. The van der Waals surface area contributed by atoms with E-state index in [2.05, 4.69) is 65.6 Å². The molecule has 2 aromatic rings. The molecule has 2 saturated carbocycles. The van der Waals surface area contributed by atoms with Gasteiger partial charge in [0.1, 0.15) is 0 Å². The van der Waals surface area contributed by atoms with E-state index in [4.69, 9.17) is 4.74 Å². The molecule has 1 unspecified atom stereocenters. The van der Waals surface area contributed by atoms with E-state index in [0.29, 0.717) is 24.7 Å². The quantitative estimate of drug-likeness (QED) is 0.637. The summed E-state index contributed by atoms with van der Waals surface area (Å²) >= 11 is 0. The van der Waals surface area contributed by atoms with Gasteiger partial charge < -0.3 is 9.84 Å². The van der Waals surface area contributed by atoms with Gasteiger partial charge >= 0.3 is 0 Å². The molecule has 3 heteroatoms. The Morgan fingerprint density at radius 1 is 0.828 bits per heavy atom. The number of aliphatic hydroxyl groups is 1. The van der Waals surface area contributed by atoms with Crippen LogP contribution in [0.25, 0.3) is 0 Å². The van der Waals surface area contributed by atoms with Gasteiger partial charge in [0, 0.05) is 19.1 Å². The Bertz CT molecular complexity index is 692. The monoisotopic (exact) mass is 393 g/mol. The lowest BCUT2D eigenvalue weighted by Crippen LogP contribution is -2.40. The Morgan fingerprint density at radius 3 is 1.83 bits per heavy atom. The molecule has 2 fully saturated rings. The first kappa shape index (κ1) is 20.6. The fourth-order valence-corrected chi connectivity index (χ4v) is 4.64. The van der Waals surface area contributed by atoms with Crippen LogP contribution in [0.4, 0.5) is 0 Å². The average molecular weight is 394 g/mol. The summed E-state index contributed by atoms with van der Waals surface area (Å²) in [6, 6.07) is 22.2. The molecule has 0 heterocycles. The van der Waals surface area contributed by atoms with Crippen molar-refractivity contribution < 1.29 is 9.84 Å². The highest BCUT2D eigenvalue weighted by Crippen LogP contribution is 2.40. The van der Waals surface area contributed by atoms with E-state index in [1.807, 2.05) is 6.92 Å². The summed E-state index contributed by atoms with van der Waals surface area (Å²) in [6.07, 6.45) is 7.10. The number of hydrogen-bond acceptors (Lipinski definition) is 3. The molecule has 1 N–H and O–H groups in total. The predicted octanol–water partition coefficient (Wildman–Crippen LogP) is 5.18. The lowest BCUT2D eigenvalue weighted by Gasteiger charge is -2.38. The fourth-order valence-electron chi connectivity index (χ4n) is 4.64. The zero-order valence-electron chi connectivity index (χ0n) is 17.7. The van der Waals surface area contributed by atoms with Gasteiger partial charge in [0.2, 0.25) is 0 Å². The second kappa shape index (κ2) is 9.42. The standard InChI is InChI=1S/C26H35NO2/c1-26(28,23-12-13-23)20-29-25-16-14-24(15-17-25)27(18-21-8-4-2-5-9-21)19-22-10-6-3-7-11-22/h2-11,23-25,28H,12-20H2,1H3/t24-,25-,26?. The largest absolute Gasteiger partial charge is 0.387 e. The van der Waals surface area contributed by atoms with Gasteiger partial charge in [-0.1, -0.05) is 60.7 Å². The second-order valence-electron chi connectivity index (χ2n) is 9.25. The number of ether oxygens (including phenoxy) is 1. The predicted molar refractivity (Wildman–Crippen MR) is 117 cm³/mol. The summed E-state index contributed by atoms with van der Waals surface area (Å²) in [6.45, 7) is 4.41. The lowest BCUT2D eigenvalue weighted by atomic mass is 9.91. The third-order valence-corrected chi connectivity index (χ3v) is 6.69. The number of hydrogen-bond donors (Lipinski definition) is 1. The third-order valence-electron chi connectivity index (χ3n) is 6.69. The van der Waals surface area contributed by atoms with Crippen LogP contribution in [-0.4, -0.2) is 34.4 Å². The van der Waals surface area contributed by atoms with Gasteiger partial charge in [-0.3, -0.25) is 4.90 Å².